The van der Waals surface area contributed by atoms with E-state index in [1.165, 1.54) is 41.1 Å². The Balaban J connectivity index is 1.75. The first kappa shape index (κ1) is 21.1. The van der Waals surface area contributed by atoms with Crippen molar-refractivity contribution in [3.8, 4) is 17.0 Å². The highest BCUT2D eigenvalue weighted by Crippen LogP contribution is 2.25. The Bertz CT molecular complexity index is 1610. The lowest BCUT2D eigenvalue weighted by molar-refractivity contribution is -0.254. The zero-order valence-electron chi connectivity index (χ0n) is 16.4. The minimum atomic E-state index is -3.85. The molecule has 0 bridgehead atoms. The van der Waals surface area contributed by atoms with Crippen molar-refractivity contribution in [2.24, 2.45) is 5.14 Å². The van der Waals surface area contributed by atoms with Crippen LogP contribution in [0.3, 0.4) is 0 Å². The SMILES string of the molecule is C=c1[nH]n(-c2ccc(S(N)(=O)=O)cc2)c(=O)/c1=C\c1ccc(-c2ccccc2C(=O)[O-])o1. The normalized spacial score (nSPS) is 12.2. The van der Waals surface area contributed by atoms with E-state index >= 15 is 0 Å². The molecule has 0 saturated heterocycles. The van der Waals surface area contributed by atoms with E-state index in [-0.39, 0.29) is 15.7 Å². The number of carboxylic acid groups (broad SMARTS) is 1. The van der Waals surface area contributed by atoms with Crippen LogP contribution < -0.4 is 26.4 Å². The Morgan fingerprint density at radius 2 is 1.78 bits per heavy atom. The van der Waals surface area contributed by atoms with E-state index < -0.39 is 21.6 Å². The number of rotatable bonds is 5. The van der Waals surface area contributed by atoms with E-state index in [0.29, 0.717) is 28.1 Å². The number of nitrogens with zero attached hydrogens (tertiary/aromatic N) is 1. The van der Waals surface area contributed by atoms with Crippen LogP contribution in [0.1, 0.15) is 16.1 Å². The lowest BCUT2D eigenvalue weighted by atomic mass is 10.1. The molecular weight excluding hydrogens is 434 g/mol. The summed E-state index contributed by atoms with van der Waals surface area (Å²) in [4.78, 5) is 24.1. The van der Waals surface area contributed by atoms with Gasteiger partial charge >= 0.3 is 0 Å². The van der Waals surface area contributed by atoms with Gasteiger partial charge in [0, 0.05) is 11.1 Å². The van der Waals surface area contributed by atoms with Crippen molar-refractivity contribution in [2.75, 3.05) is 0 Å². The number of hydrogen-bond acceptors (Lipinski definition) is 6. The van der Waals surface area contributed by atoms with Crippen molar-refractivity contribution in [1.82, 2.24) is 9.78 Å². The van der Waals surface area contributed by atoms with Crippen LogP contribution in [0, 0.1) is 0 Å². The highest BCUT2D eigenvalue weighted by Gasteiger charge is 2.12. The van der Waals surface area contributed by atoms with E-state index in [1.807, 2.05) is 0 Å². The topological polar surface area (TPSA) is 151 Å². The van der Waals surface area contributed by atoms with Gasteiger partial charge in [-0.3, -0.25) is 9.89 Å². The second kappa shape index (κ2) is 7.84. The van der Waals surface area contributed by atoms with E-state index in [9.17, 15) is 23.1 Å². The third kappa shape index (κ3) is 3.92. The maximum atomic E-state index is 12.9. The quantitative estimate of drug-likeness (QED) is 0.425. The number of furan rings is 1. The average Bonchev–Trinajstić information content (AvgIpc) is 3.33. The molecule has 0 amide bonds. The molecule has 0 fully saturated rings. The van der Waals surface area contributed by atoms with Crippen LogP contribution in [-0.2, 0) is 10.0 Å². The Morgan fingerprint density at radius 1 is 1.09 bits per heavy atom. The van der Waals surface area contributed by atoms with Gasteiger partial charge in [0.05, 0.1) is 27.1 Å². The third-order valence-corrected chi connectivity index (χ3v) is 5.68. The molecule has 0 unspecified atom stereocenters. The fourth-order valence-corrected chi connectivity index (χ4v) is 3.72. The van der Waals surface area contributed by atoms with Gasteiger partial charge in [0.25, 0.3) is 5.56 Å². The summed E-state index contributed by atoms with van der Waals surface area (Å²) in [5.41, 5.74) is 0.281. The number of nitrogens with one attached hydrogen (secondary N) is 1. The molecule has 4 aromatic rings. The number of aromatic nitrogens is 2. The van der Waals surface area contributed by atoms with Crippen LogP contribution >= 0.6 is 0 Å². The number of aromatic carboxylic acids is 1. The van der Waals surface area contributed by atoms with Gasteiger partial charge in [0.1, 0.15) is 11.5 Å². The summed E-state index contributed by atoms with van der Waals surface area (Å²) in [6, 6.07) is 14.9. The van der Waals surface area contributed by atoms with Crippen molar-refractivity contribution in [3.63, 3.8) is 0 Å². The summed E-state index contributed by atoms with van der Waals surface area (Å²) in [5, 5.41) is 19.8. The molecule has 10 heteroatoms. The van der Waals surface area contributed by atoms with Gasteiger partial charge in [-0.25, -0.2) is 18.2 Å². The summed E-state index contributed by atoms with van der Waals surface area (Å²) in [6.07, 6.45) is 1.47. The molecule has 3 N–H and O–H groups in total. The molecule has 2 aromatic carbocycles. The summed E-state index contributed by atoms with van der Waals surface area (Å²) in [7, 11) is -3.85. The largest absolute Gasteiger partial charge is 0.545 e. The van der Waals surface area contributed by atoms with E-state index in [4.69, 9.17) is 9.56 Å². The molecule has 0 spiro atoms. The molecular formula is C22H16N3O6S-. The third-order valence-electron chi connectivity index (χ3n) is 4.75. The van der Waals surface area contributed by atoms with E-state index in [1.54, 1.807) is 30.3 Å². The standard InChI is InChI=1S/C22H17N3O6S/c1-13-19(21(26)25(24-13)14-6-9-16(10-7-14)32(23,29)30)12-15-8-11-20(31-15)17-4-2-3-5-18(17)22(27)28/h2-12,24H,1H2,(H,27,28)(H2,23,29,30)/p-1/b19-12-. The van der Waals surface area contributed by atoms with Gasteiger partial charge in [-0.1, -0.05) is 30.8 Å². The lowest BCUT2D eigenvalue weighted by Gasteiger charge is -2.07. The van der Waals surface area contributed by atoms with E-state index in [0.717, 1.165) is 0 Å². The zero-order chi connectivity index (χ0) is 23.0. The predicted molar refractivity (Wildman–Crippen MR) is 115 cm³/mol. The number of hydrogen-bond donors (Lipinski definition) is 2. The van der Waals surface area contributed by atoms with E-state index in [2.05, 4.69) is 11.7 Å². The number of H-pyrrole nitrogens is 1. The van der Waals surface area contributed by atoms with Crippen molar-refractivity contribution < 1.29 is 22.7 Å². The van der Waals surface area contributed by atoms with Gasteiger partial charge in [0.2, 0.25) is 10.0 Å². The number of carbonyl (C=O) groups is 1. The monoisotopic (exact) mass is 450 g/mol. The van der Waals surface area contributed by atoms with Crippen molar-refractivity contribution in [1.29, 1.82) is 0 Å². The molecule has 4 rings (SSSR count). The van der Waals surface area contributed by atoms with Gasteiger partial charge in [0.15, 0.2) is 0 Å². The number of aromatic amines is 1. The highest BCUT2D eigenvalue weighted by atomic mass is 32.2. The lowest BCUT2D eigenvalue weighted by Crippen LogP contribution is -2.33. The molecule has 32 heavy (non-hydrogen) atoms. The predicted octanol–water partition coefficient (Wildman–Crippen LogP) is -0.324. The number of carbonyl (C=O) groups excluding carboxylic acids is 1. The first-order valence-electron chi connectivity index (χ1n) is 9.20. The summed E-state index contributed by atoms with van der Waals surface area (Å²) < 4.78 is 29.8. The Hall–Kier alpha value is -4.15. The summed E-state index contributed by atoms with van der Waals surface area (Å²) in [5.74, 6) is -0.716. The number of nitrogens with two attached hydrogens (primary N) is 1. The Morgan fingerprint density at radius 3 is 2.44 bits per heavy atom. The smallest absolute Gasteiger partial charge is 0.279 e. The van der Waals surface area contributed by atoms with Crippen LogP contribution in [0.25, 0.3) is 29.7 Å². The molecule has 0 radical (unpaired) electrons. The first-order chi connectivity index (χ1) is 15.1. The molecule has 0 saturated carbocycles. The van der Waals surface area contributed by atoms with Crippen LogP contribution in [0.4, 0.5) is 0 Å². The van der Waals surface area contributed by atoms with Crippen LogP contribution in [0.15, 0.2) is 74.8 Å². The summed E-state index contributed by atoms with van der Waals surface area (Å²) >= 11 is 0. The van der Waals surface area contributed by atoms with Crippen molar-refractivity contribution >= 4 is 28.6 Å². The van der Waals surface area contributed by atoms with Gasteiger partial charge in [-0.2, -0.15) is 0 Å². The molecule has 0 aliphatic heterocycles. The molecule has 9 nitrogen and oxygen atoms in total. The summed E-state index contributed by atoms with van der Waals surface area (Å²) in [6.45, 7) is 3.83. The van der Waals surface area contributed by atoms with Gasteiger partial charge in [-0.15, -0.1) is 0 Å². The van der Waals surface area contributed by atoms with Crippen molar-refractivity contribution in [3.05, 3.63) is 92.9 Å². The van der Waals surface area contributed by atoms with Crippen molar-refractivity contribution in [2.45, 2.75) is 4.90 Å². The first-order valence-corrected chi connectivity index (χ1v) is 10.8. The van der Waals surface area contributed by atoms with Crippen LogP contribution in [-0.4, -0.2) is 24.2 Å². The number of carboxylic acids is 1. The van der Waals surface area contributed by atoms with Gasteiger partial charge < -0.3 is 14.3 Å². The molecule has 2 aromatic heterocycles. The maximum Gasteiger partial charge on any atom is 0.279 e. The Kier molecular flexibility index (Phi) is 5.17. The fourth-order valence-electron chi connectivity index (χ4n) is 3.20. The zero-order valence-corrected chi connectivity index (χ0v) is 17.3. The molecule has 162 valence electrons. The van der Waals surface area contributed by atoms with Crippen LogP contribution in [0.2, 0.25) is 0 Å². The molecule has 0 aliphatic rings. The number of primary sulfonamides is 1. The van der Waals surface area contributed by atoms with Crippen LogP contribution in [0.5, 0.6) is 0 Å². The minimum absolute atomic E-state index is 0.0156. The average molecular weight is 450 g/mol. The Labute approximate surface area is 181 Å². The number of sulfonamides is 1. The molecule has 0 aliphatic carbocycles. The number of benzene rings is 2. The minimum Gasteiger partial charge on any atom is -0.545 e. The second-order valence-corrected chi connectivity index (χ2v) is 8.42. The van der Waals surface area contributed by atoms with Gasteiger partial charge in [-0.05, 0) is 42.5 Å². The highest BCUT2D eigenvalue weighted by molar-refractivity contribution is 7.89. The molecule has 2 heterocycles. The molecule has 0 atom stereocenters. The maximum absolute atomic E-state index is 12.9. The second-order valence-electron chi connectivity index (χ2n) is 6.86. The fraction of sp³-hybridized carbons (Fsp3) is 0.